The highest BCUT2D eigenvalue weighted by molar-refractivity contribution is 5.92. The summed E-state index contributed by atoms with van der Waals surface area (Å²) in [6, 6.07) is 7.17. The maximum Gasteiger partial charge on any atom is 0.240 e. The van der Waals surface area contributed by atoms with Gasteiger partial charge in [-0.05, 0) is 44.9 Å². The van der Waals surface area contributed by atoms with Crippen molar-refractivity contribution in [3.63, 3.8) is 0 Å². The molecule has 1 aromatic carbocycles. The molecular formula is C23H35N3O4. The summed E-state index contributed by atoms with van der Waals surface area (Å²) in [6.45, 7) is 8.34. The number of amides is 3. The Kier molecular flexibility index (Phi) is 7.87. The van der Waals surface area contributed by atoms with Gasteiger partial charge < -0.3 is 19.9 Å². The Bertz CT molecular complexity index is 755. The van der Waals surface area contributed by atoms with Crippen molar-refractivity contribution in [1.29, 1.82) is 0 Å². The highest BCUT2D eigenvalue weighted by atomic mass is 16.5. The Morgan fingerprint density at radius 3 is 2.40 bits per heavy atom. The second-order valence-electron chi connectivity index (χ2n) is 8.96. The van der Waals surface area contributed by atoms with Crippen LogP contribution in [0.5, 0.6) is 5.75 Å². The summed E-state index contributed by atoms with van der Waals surface area (Å²) in [4.78, 5) is 41.6. The van der Waals surface area contributed by atoms with Gasteiger partial charge in [0.2, 0.25) is 17.7 Å². The van der Waals surface area contributed by atoms with Crippen molar-refractivity contribution in [2.45, 2.75) is 58.5 Å². The zero-order valence-electron chi connectivity index (χ0n) is 19.0. The molecule has 30 heavy (non-hydrogen) atoms. The smallest absolute Gasteiger partial charge is 0.240 e. The summed E-state index contributed by atoms with van der Waals surface area (Å²) < 4.78 is 5.24. The molecule has 0 radical (unpaired) electrons. The van der Waals surface area contributed by atoms with Gasteiger partial charge in [-0.25, -0.2) is 0 Å². The number of rotatable bonds is 8. The number of unbranched alkanes of at least 4 members (excludes halogenated alkanes) is 1. The van der Waals surface area contributed by atoms with Crippen LogP contribution in [0, 0.1) is 5.92 Å². The number of likely N-dealkylation sites (N-methyl/N-ethyl adjacent to an activating group) is 1. The first kappa shape index (κ1) is 23.7. The van der Waals surface area contributed by atoms with Gasteiger partial charge >= 0.3 is 0 Å². The Labute approximate surface area is 179 Å². The molecule has 1 heterocycles. The number of nitrogens with zero attached hydrogens (tertiary/aromatic N) is 2. The molecule has 1 saturated heterocycles. The minimum atomic E-state index is -0.518. The number of ether oxygens (including phenoxy) is 1. The van der Waals surface area contributed by atoms with Gasteiger partial charge in [0.1, 0.15) is 5.75 Å². The molecule has 2 rings (SSSR count). The molecule has 7 heteroatoms. The van der Waals surface area contributed by atoms with Crippen molar-refractivity contribution >= 4 is 17.7 Å². The quantitative estimate of drug-likeness (QED) is 0.705. The zero-order valence-corrected chi connectivity index (χ0v) is 19.0. The second-order valence-corrected chi connectivity index (χ2v) is 8.96. The minimum Gasteiger partial charge on any atom is -0.497 e. The lowest BCUT2D eigenvalue weighted by atomic mass is 9.92. The molecule has 7 nitrogen and oxygen atoms in total. The molecule has 0 aliphatic carbocycles. The van der Waals surface area contributed by atoms with Crippen molar-refractivity contribution in [1.82, 2.24) is 15.1 Å². The van der Waals surface area contributed by atoms with Gasteiger partial charge in [0, 0.05) is 25.6 Å². The van der Waals surface area contributed by atoms with Crippen molar-refractivity contribution in [2.75, 3.05) is 27.2 Å². The number of carbonyl (C=O) groups is 3. The van der Waals surface area contributed by atoms with Gasteiger partial charge in [-0.1, -0.05) is 25.5 Å². The summed E-state index contributed by atoms with van der Waals surface area (Å²) in [5.74, 6) is -0.217. The second kappa shape index (κ2) is 9.96. The van der Waals surface area contributed by atoms with Crippen LogP contribution in [0.3, 0.4) is 0 Å². The summed E-state index contributed by atoms with van der Waals surface area (Å²) in [5, 5.41) is 2.87. The van der Waals surface area contributed by atoms with Crippen LogP contribution in [0.1, 0.15) is 58.6 Å². The van der Waals surface area contributed by atoms with E-state index in [4.69, 9.17) is 4.74 Å². The number of likely N-dealkylation sites (tertiary alicyclic amines) is 1. The van der Waals surface area contributed by atoms with Crippen LogP contribution in [0.25, 0.3) is 0 Å². The number of hydrogen-bond acceptors (Lipinski definition) is 4. The van der Waals surface area contributed by atoms with E-state index < -0.39 is 5.92 Å². The van der Waals surface area contributed by atoms with E-state index in [1.165, 1.54) is 4.90 Å². The zero-order chi connectivity index (χ0) is 22.5. The predicted octanol–water partition coefficient (Wildman–Crippen LogP) is 2.76. The molecule has 3 amide bonds. The lowest BCUT2D eigenvalue weighted by Crippen LogP contribution is -2.47. The van der Waals surface area contributed by atoms with E-state index in [1.807, 2.05) is 49.9 Å². The summed E-state index contributed by atoms with van der Waals surface area (Å²) in [7, 11) is 3.22. The van der Waals surface area contributed by atoms with Crippen LogP contribution in [0.15, 0.2) is 24.3 Å². The fourth-order valence-electron chi connectivity index (χ4n) is 3.85. The molecule has 1 aliphatic heterocycles. The predicted molar refractivity (Wildman–Crippen MR) is 116 cm³/mol. The van der Waals surface area contributed by atoms with Gasteiger partial charge in [-0.2, -0.15) is 0 Å². The first-order chi connectivity index (χ1) is 14.1. The molecule has 1 aromatic rings. The molecule has 0 aromatic heterocycles. The summed E-state index contributed by atoms with van der Waals surface area (Å²) in [5.41, 5.74) is 0.538. The topological polar surface area (TPSA) is 79.0 Å². The number of hydrogen-bond donors (Lipinski definition) is 1. The maximum atomic E-state index is 13.3. The lowest BCUT2D eigenvalue weighted by Gasteiger charge is -2.30. The third-order valence-electron chi connectivity index (χ3n) is 5.23. The average Bonchev–Trinajstić information content (AvgIpc) is 3.00. The van der Waals surface area contributed by atoms with Crippen molar-refractivity contribution in [2.24, 2.45) is 5.92 Å². The molecule has 1 N–H and O–H groups in total. The first-order valence-corrected chi connectivity index (χ1v) is 10.6. The van der Waals surface area contributed by atoms with E-state index in [9.17, 15) is 14.4 Å². The fraction of sp³-hybridized carbons (Fsp3) is 0.609. The largest absolute Gasteiger partial charge is 0.497 e. The number of benzene rings is 1. The molecule has 166 valence electrons. The Morgan fingerprint density at radius 1 is 1.23 bits per heavy atom. The summed E-state index contributed by atoms with van der Waals surface area (Å²) in [6.07, 6.45) is 2.00. The molecule has 1 aliphatic rings. The highest BCUT2D eigenvalue weighted by Crippen LogP contribution is 2.39. The van der Waals surface area contributed by atoms with E-state index in [0.29, 0.717) is 6.54 Å². The van der Waals surface area contributed by atoms with Crippen molar-refractivity contribution in [3.8, 4) is 5.75 Å². The average molecular weight is 418 g/mol. The van der Waals surface area contributed by atoms with Gasteiger partial charge in [-0.15, -0.1) is 0 Å². The molecular weight excluding hydrogens is 382 g/mol. The number of methoxy groups -OCH3 is 1. The monoisotopic (exact) mass is 417 g/mol. The molecule has 0 bridgehead atoms. The number of nitrogens with one attached hydrogen (secondary N) is 1. The normalized spacial score (nSPS) is 19.0. The van der Waals surface area contributed by atoms with Gasteiger partial charge in [0.05, 0.1) is 25.6 Å². The van der Waals surface area contributed by atoms with Gasteiger partial charge in [0.25, 0.3) is 0 Å². The van der Waals surface area contributed by atoms with E-state index in [1.54, 1.807) is 14.2 Å². The third-order valence-corrected chi connectivity index (χ3v) is 5.23. The summed E-state index contributed by atoms with van der Waals surface area (Å²) >= 11 is 0. The highest BCUT2D eigenvalue weighted by Gasteiger charge is 2.45. The van der Waals surface area contributed by atoms with E-state index >= 15 is 0 Å². The van der Waals surface area contributed by atoms with E-state index in [2.05, 4.69) is 12.2 Å². The molecule has 1 fully saturated rings. The maximum absolute atomic E-state index is 13.3. The lowest BCUT2D eigenvalue weighted by molar-refractivity contribution is -0.139. The Balaban J connectivity index is 2.24. The third kappa shape index (κ3) is 5.97. The first-order valence-electron chi connectivity index (χ1n) is 10.6. The van der Waals surface area contributed by atoms with Crippen LogP contribution >= 0.6 is 0 Å². The van der Waals surface area contributed by atoms with Crippen LogP contribution in [-0.2, 0) is 14.4 Å². The SMILES string of the molecule is CCCCN1C(=O)C[C@H](C(=O)N(C)CC(=O)NC(C)(C)C)[C@@H]1c1ccc(OC)cc1. The molecule has 2 atom stereocenters. The van der Waals surface area contributed by atoms with E-state index in [0.717, 1.165) is 24.2 Å². The van der Waals surface area contributed by atoms with Crippen LogP contribution in [0.2, 0.25) is 0 Å². The standard InChI is InChI=1S/C23H35N3O4/c1-7-8-13-26-20(28)14-18(21(26)16-9-11-17(30-6)12-10-16)22(29)25(5)15-19(27)24-23(2,3)4/h9-12,18,21H,7-8,13-15H2,1-6H3,(H,24,27)/t18-,21-/m0/s1. The van der Waals surface area contributed by atoms with Crippen LogP contribution in [-0.4, -0.2) is 60.3 Å². The van der Waals surface area contributed by atoms with E-state index in [-0.39, 0.29) is 42.3 Å². The van der Waals surface area contributed by atoms with Crippen molar-refractivity contribution < 1.29 is 19.1 Å². The molecule has 0 unspecified atom stereocenters. The Morgan fingerprint density at radius 2 is 1.87 bits per heavy atom. The number of carbonyl (C=O) groups excluding carboxylic acids is 3. The molecule has 0 spiro atoms. The molecule has 0 saturated carbocycles. The minimum absolute atomic E-state index is 0.0184. The Hall–Kier alpha value is -2.57. The van der Waals surface area contributed by atoms with Crippen molar-refractivity contribution in [3.05, 3.63) is 29.8 Å². The van der Waals surface area contributed by atoms with Crippen LogP contribution < -0.4 is 10.1 Å². The van der Waals surface area contributed by atoms with Gasteiger partial charge in [0.15, 0.2) is 0 Å². The van der Waals surface area contributed by atoms with Crippen LogP contribution in [0.4, 0.5) is 0 Å². The van der Waals surface area contributed by atoms with Gasteiger partial charge in [-0.3, -0.25) is 14.4 Å². The fourth-order valence-corrected chi connectivity index (χ4v) is 3.85.